The summed E-state index contributed by atoms with van der Waals surface area (Å²) in [5.74, 6) is 0.639. The molecule has 1 fully saturated rings. The molecule has 0 aliphatic carbocycles. The lowest BCUT2D eigenvalue weighted by Crippen LogP contribution is -2.38. The molecule has 1 heterocycles. The third kappa shape index (κ3) is 7.61. The van der Waals surface area contributed by atoms with Gasteiger partial charge in [0.05, 0.1) is 31.9 Å². The molecule has 8 nitrogen and oxygen atoms in total. The average Bonchev–Trinajstić information content (AvgIpc) is 3.21. The van der Waals surface area contributed by atoms with Crippen molar-refractivity contribution in [1.82, 2.24) is 9.80 Å². The zero-order valence-corrected chi connectivity index (χ0v) is 25.7. The number of hydrogen-bond acceptors (Lipinski definition) is 7. The SMILES string of the molecule is CCCCOc1ccc(C2C(=C(O)c3ccc(OCC(C)C)cc3C)C(=O)C(=O)N2CCN(CC)CC)cc1OC. The van der Waals surface area contributed by atoms with Gasteiger partial charge in [-0.1, -0.05) is 47.1 Å². The zero-order valence-electron chi connectivity index (χ0n) is 25.7. The van der Waals surface area contributed by atoms with E-state index in [0.717, 1.165) is 31.5 Å². The molecule has 0 aromatic heterocycles. The molecule has 0 spiro atoms. The van der Waals surface area contributed by atoms with E-state index in [0.29, 0.717) is 60.6 Å². The number of ketones is 1. The standard InChI is InChI=1S/C33H46N2O6/c1-8-11-18-40-27-15-12-24(20-28(27)39-7)30-29(32(37)33(38)35(30)17-16-34(9-2)10-3)31(36)26-14-13-25(19-23(26)6)41-21-22(4)5/h12-15,19-20,22,30,36H,8-11,16-18,21H2,1-7H3. The van der Waals surface area contributed by atoms with Crippen molar-refractivity contribution in [2.24, 2.45) is 5.92 Å². The predicted molar refractivity (Wildman–Crippen MR) is 162 cm³/mol. The molecule has 1 atom stereocenters. The van der Waals surface area contributed by atoms with Crippen LogP contribution in [0.5, 0.6) is 17.2 Å². The quantitative estimate of drug-likeness (QED) is 0.123. The Bertz CT molecular complexity index is 1230. The summed E-state index contributed by atoms with van der Waals surface area (Å²) in [4.78, 5) is 30.8. The molecular formula is C33H46N2O6. The van der Waals surface area contributed by atoms with Gasteiger partial charge in [-0.3, -0.25) is 9.59 Å². The first-order chi connectivity index (χ1) is 19.7. The Kier molecular flexibility index (Phi) is 11.6. The Hall–Kier alpha value is -3.52. The van der Waals surface area contributed by atoms with E-state index in [4.69, 9.17) is 14.2 Å². The number of carbonyl (C=O) groups is 2. The highest BCUT2D eigenvalue weighted by Crippen LogP contribution is 2.42. The molecule has 1 aliphatic heterocycles. The minimum absolute atomic E-state index is 0.0650. The van der Waals surface area contributed by atoms with Crippen LogP contribution < -0.4 is 14.2 Å². The van der Waals surface area contributed by atoms with E-state index in [-0.39, 0.29) is 11.3 Å². The van der Waals surface area contributed by atoms with Crippen molar-refractivity contribution in [2.45, 2.75) is 60.4 Å². The molecule has 1 N–H and O–H groups in total. The number of Topliss-reactive ketones (excluding diaryl/α,β-unsaturated/α-hetero) is 1. The highest BCUT2D eigenvalue weighted by Gasteiger charge is 2.46. The summed E-state index contributed by atoms with van der Waals surface area (Å²) in [6.07, 6.45) is 1.92. The largest absolute Gasteiger partial charge is 0.507 e. The number of nitrogens with zero attached hydrogens (tertiary/aromatic N) is 2. The van der Waals surface area contributed by atoms with Gasteiger partial charge in [-0.2, -0.15) is 0 Å². The van der Waals surface area contributed by atoms with Gasteiger partial charge in [-0.05, 0) is 73.8 Å². The number of methoxy groups -OCH3 is 1. The third-order valence-electron chi connectivity index (χ3n) is 7.39. The van der Waals surface area contributed by atoms with Crippen molar-refractivity contribution in [1.29, 1.82) is 0 Å². The fraction of sp³-hybridized carbons (Fsp3) is 0.515. The summed E-state index contributed by atoms with van der Waals surface area (Å²) < 4.78 is 17.4. The molecule has 1 aliphatic rings. The summed E-state index contributed by atoms with van der Waals surface area (Å²) in [7, 11) is 1.56. The number of benzene rings is 2. The number of rotatable bonds is 15. The maximum Gasteiger partial charge on any atom is 0.295 e. The Morgan fingerprint density at radius 2 is 1.76 bits per heavy atom. The minimum atomic E-state index is -0.777. The molecule has 1 saturated heterocycles. The van der Waals surface area contributed by atoms with Crippen molar-refractivity contribution < 1.29 is 28.9 Å². The van der Waals surface area contributed by atoms with Gasteiger partial charge in [0.25, 0.3) is 11.7 Å². The molecular weight excluding hydrogens is 520 g/mol. The zero-order chi connectivity index (χ0) is 30.1. The predicted octanol–water partition coefficient (Wildman–Crippen LogP) is 5.98. The summed E-state index contributed by atoms with van der Waals surface area (Å²) in [6.45, 7) is 16.0. The number of aryl methyl sites for hydroxylation is 1. The topological polar surface area (TPSA) is 88.5 Å². The number of hydrogen-bond donors (Lipinski definition) is 1. The normalized spacial score (nSPS) is 16.6. The van der Waals surface area contributed by atoms with E-state index < -0.39 is 17.7 Å². The lowest BCUT2D eigenvalue weighted by molar-refractivity contribution is -0.140. The molecule has 224 valence electrons. The van der Waals surface area contributed by atoms with Crippen LogP contribution in [0.2, 0.25) is 0 Å². The van der Waals surface area contributed by atoms with Gasteiger partial charge >= 0.3 is 0 Å². The molecule has 1 amide bonds. The fourth-order valence-electron chi connectivity index (χ4n) is 4.95. The first-order valence-corrected chi connectivity index (χ1v) is 14.7. The molecule has 8 heteroatoms. The number of likely N-dealkylation sites (tertiary alicyclic amines) is 1. The summed E-state index contributed by atoms with van der Waals surface area (Å²) in [5.41, 5.74) is 1.96. The van der Waals surface area contributed by atoms with Crippen LogP contribution in [0.1, 0.15) is 70.2 Å². The van der Waals surface area contributed by atoms with Gasteiger partial charge in [0, 0.05) is 18.7 Å². The van der Waals surface area contributed by atoms with Gasteiger partial charge in [0.15, 0.2) is 11.5 Å². The van der Waals surface area contributed by atoms with Gasteiger partial charge in [0.2, 0.25) is 0 Å². The fourth-order valence-corrected chi connectivity index (χ4v) is 4.95. The Morgan fingerprint density at radius 1 is 1.02 bits per heavy atom. The van der Waals surface area contributed by atoms with Crippen molar-refractivity contribution in [2.75, 3.05) is 46.5 Å². The van der Waals surface area contributed by atoms with Crippen LogP contribution in [-0.4, -0.2) is 73.1 Å². The number of likely N-dealkylation sites (N-methyl/N-ethyl adjacent to an activating group) is 1. The third-order valence-corrected chi connectivity index (χ3v) is 7.39. The number of aliphatic hydroxyl groups excluding tert-OH is 1. The smallest absolute Gasteiger partial charge is 0.295 e. The molecule has 2 aromatic carbocycles. The Labute approximate surface area is 244 Å². The lowest BCUT2D eigenvalue weighted by Gasteiger charge is -2.28. The van der Waals surface area contributed by atoms with Crippen LogP contribution in [0.4, 0.5) is 0 Å². The first-order valence-electron chi connectivity index (χ1n) is 14.7. The molecule has 0 radical (unpaired) electrons. The summed E-state index contributed by atoms with van der Waals surface area (Å²) in [5, 5.41) is 11.6. The van der Waals surface area contributed by atoms with E-state index in [2.05, 4.69) is 39.5 Å². The van der Waals surface area contributed by atoms with Gasteiger partial charge < -0.3 is 29.1 Å². The molecule has 3 rings (SSSR count). The summed E-state index contributed by atoms with van der Waals surface area (Å²) >= 11 is 0. The number of unbranched alkanes of at least 4 members (excludes halogenated alkanes) is 1. The van der Waals surface area contributed by atoms with Crippen molar-refractivity contribution >= 4 is 17.4 Å². The van der Waals surface area contributed by atoms with Crippen LogP contribution in [-0.2, 0) is 9.59 Å². The van der Waals surface area contributed by atoms with Crippen LogP contribution in [0.25, 0.3) is 5.76 Å². The van der Waals surface area contributed by atoms with Crippen LogP contribution in [0.3, 0.4) is 0 Å². The van der Waals surface area contributed by atoms with E-state index in [1.54, 1.807) is 36.3 Å². The number of amides is 1. The van der Waals surface area contributed by atoms with Gasteiger partial charge in [-0.15, -0.1) is 0 Å². The molecule has 41 heavy (non-hydrogen) atoms. The molecule has 0 saturated carbocycles. The van der Waals surface area contributed by atoms with Crippen LogP contribution in [0.15, 0.2) is 42.0 Å². The van der Waals surface area contributed by atoms with Crippen molar-refractivity contribution in [3.63, 3.8) is 0 Å². The summed E-state index contributed by atoms with van der Waals surface area (Å²) in [6, 6.07) is 10.0. The number of ether oxygens (including phenoxy) is 3. The van der Waals surface area contributed by atoms with Gasteiger partial charge in [0.1, 0.15) is 11.5 Å². The van der Waals surface area contributed by atoms with E-state index in [9.17, 15) is 14.7 Å². The Morgan fingerprint density at radius 3 is 2.37 bits per heavy atom. The average molecular weight is 567 g/mol. The monoisotopic (exact) mass is 566 g/mol. The van der Waals surface area contributed by atoms with E-state index in [1.165, 1.54) is 0 Å². The second-order valence-electron chi connectivity index (χ2n) is 10.8. The van der Waals surface area contributed by atoms with Crippen LogP contribution >= 0.6 is 0 Å². The number of aliphatic hydroxyl groups is 1. The second kappa shape index (κ2) is 14.9. The maximum atomic E-state index is 13.5. The highest BCUT2D eigenvalue weighted by atomic mass is 16.5. The lowest BCUT2D eigenvalue weighted by atomic mass is 9.93. The second-order valence-corrected chi connectivity index (χ2v) is 10.8. The van der Waals surface area contributed by atoms with Crippen molar-refractivity contribution in [3.8, 4) is 17.2 Å². The van der Waals surface area contributed by atoms with Crippen molar-refractivity contribution in [3.05, 3.63) is 58.7 Å². The maximum absolute atomic E-state index is 13.5. The van der Waals surface area contributed by atoms with E-state index in [1.807, 2.05) is 19.1 Å². The molecule has 0 bridgehead atoms. The minimum Gasteiger partial charge on any atom is -0.507 e. The Balaban J connectivity index is 2.10. The number of carbonyl (C=O) groups excluding carboxylic acids is 2. The molecule has 2 aromatic rings. The van der Waals surface area contributed by atoms with Crippen LogP contribution in [0, 0.1) is 12.8 Å². The first kappa shape index (κ1) is 32.0. The molecule has 1 unspecified atom stereocenters. The van der Waals surface area contributed by atoms with Gasteiger partial charge in [-0.25, -0.2) is 0 Å². The highest BCUT2D eigenvalue weighted by molar-refractivity contribution is 6.46. The van der Waals surface area contributed by atoms with E-state index >= 15 is 0 Å².